The van der Waals surface area contributed by atoms with Crippen LogP contribution in [0.1, 0.15) is 29.9 Å². The minimum Gasteiger partial charge on any atom is -0.306 e. The molecule has 2 heterocycles. The molecule has 0 spiro atoms. The Balaban J connectivity index is 2.33. The van der Waals surface area contributed by atoms with Gasteiger partial charge >= 0.3 is 0 Å². The summed E-state index contributed by atoms with van der Waals surface area (Å²) in [6, 6.07) is 2.19. The first-order chi connectivity index (χ1) is 8.49. The molecule has 1 unspecified atom stereocenters. The maximum atomic E-state index is 4.45. The van der Waals surface area contributed by atoms with Crippen molar-refractivity contribution in [3.8, 4) is 0 Å². The third-order valence-corrected chi connectivity index (χ3v) is 3.23. The van der Waals surface area contributed by atoms with Gasteiger partial charge in [0.15, 0.2) is 5.65 Å². The van der Waals surface area contributed by atoms with Crippen LogP contribution in [0.3, 0.4) is 0 Å². The van der Waals surface area contributed by atoms with Crippen molar-refractivity contribution in [1.29, 1.82) is 0 Å². The molecule has 0 bridgehead atoms. The van der Waals surface area contributed by atoms with Gasteiger partial charge in [0, 0.05) is 40.6 Å². The number of rotatable bonds is 4. The minimum atomic E-state index is 0.209. The number of hydrogen-bond donors (Lipinski definition) is 1. The van der Waals surface area contributed by atoms with E-state index in [1.165, 1.54) is 0 Å². The highest BCUT2D eigenvalue weighted by Gasteiger charge is 2.12. The third kappa shape index (κ3) is 2.62. The van der Waals surface area contributed by atoms with Crippen molar-refractivity contribution in [3.63, 3.8) is 0 Å². The third-order valence-electron chi connectivity index (χ3n) is 2.95. The second-order valence-corrected chi connectivity index (χ2v) is 5.60. The topological polar surface area (TPSA) is 42.2 Å². The van der Waals surface area contributed by atoms with E-state index in [1.54, 1.807) is 0 Å². The van der Waals surface area contributed by atoms with Crippen LogP contribution in [0, 0.1) is 13.8 Å². The first kappa shape index (κ1) is 13.2. The van der Waals surface area contributed by atoms with E-state index in [-0.39, 0.29) is 6.04 Å². The van der Waals surface area contributed by atoms with Gasteiger partial charge in [-0.2, -0.15) is 5.10 Å². The molecule has 0 aliphatic carbocycles. The molecule has 0 radical (unpaired) electrons. The summed E-state index contributed by atoms with van der Waals surface area (Å²) in [7, 11) is 0. The zero-order valence-corrected chi connectivity index (χ0v) is 12.5. The first-order valence-electron chi connectivity index (χ1n) is 5.87. The Bertz CT molecular complexity index is 588. The van der Waals surface area contributed by atoms with E-state index in [2.05, 4.69) is 51.8 Å². The minimum absolute atomic E-state index is 0.209. The number of hydrogen-bond acceptors (Lipinski definition) is 3. The van der Waals surface area contributed by atoms with Crippen LogP contribution in [0.25, 0.3) is 5.65 Å². The van der Waals surface area contributed by atoms with Gasteiger partial charge in [0.25, 0.3) is 0 Å². The molecule has 1 N–H and O–H groups in total. The zero-order chi connectivity index (χ0) is 13.3. The second-order valence-electron chi connectivity index (χ2n) is 4.47. The fourth-order valence-electron chi connectivity index (χ4n) is 1.97. The molecular formula is C13H17BrN4. The maximum absolute atomic E-state index is 4.45. The molecule has 1 atom stereocenters. The van der Waals surface area contributed by atoms with E-state index in [1.807, 2.05) is 23.7 Å². The van der Waals surface area contributed by atoms with Crippen LogP contribution in [-0.4, -0.2) is 21.1 Å². The van der Waals surface area contributed by atoms with E-state index in [0.29, 0.717) is 0 Å². The van der Waals surface area contributed by atoms with Crippen molar-refractivity contribution in [2.24, 2.45) is 0 Å². The highest BCUT2D eigenvalue weighted by molar-refractivity contribution is 9.11. The predicted octanol–water partition coefficient (Wildman–Crippen LogP) is 2.91. The summed E-state index contributed by atoms with van der Waals surface area (Å²) in [5.74, 6) is 0. The van der Waals surface area contributed by atoms with Crippen LogP contribution in [0.2, 0.25) is 0 Å². The molecule has 2 aromatic heterocycles. The van der Waals surface area contributed by atoms with E-state index in [0.717, 1.165) is 33.6 Å². The predicted molar refractivity (Wildman–Crippen MR) is 76.9 cm³/mol. The maximum Gasteiger partial charge on any atom is 0.155 e. The molecule has 0 aliphatic heterocycles. The lowest BCUT2D eigenvalue weighted by atomic mass is 10.1. The van der Waals surface area contributed by atoms with Crippen molar-refractivity contribution >= 4 is 21.6 Å². The van der Waals surface area contributed by atoms with Crippen molar-refractivity contribution in [2.75, 3.05) is 6.54 Å². The summed E-state index contributed by atoms with van der Waals surface area (Å²) >= 11 is 3.35. The Morgan fingerprint density at radius 3 is 2.94 bits per heavy atom. The van der Waals surface area contributed by atoms with Gasteiger partial charge in [0.1, 0.15) is 0 Å². The van der Waals surface area contributed by atoms with Gasteiger partial charge in [0.05, 0.1) is 5.69 Å². The standard InChI is InChI=1S/C13H17BrN4/c1-8(14)6-15-10(3)12-7-16-13-5-9(2)17-18(13)11(12)4/h5,7,10,15H,1,6H2,2-4H3. The average molecular weight is 309 g/mol. The normalized spacial score (nSPS) is 12.9. The molecule has 0 saturated carbocycles. The zero-order valence-electron chi connectivity index (χ0n) is 10.9. The molecule has 96 valence electrons. The molecule has 0 saturated heterocycles. The fraction of sp³-hybridized carbons (Fsp3) is 0.385. The SMILES string of the molecule is C=C(Br)CNC(C)c1cnc2cc(C)nn2c1C. The summed E-state index contributed by atoms with van der Waals surface area (Å²) in [5, 5.41) is 7.83. The fourth-order valence-corrected chi connectivity index (χ4v) is 2.14. The van der Waals surface area contributed by atoms with Gasteiger partial charge in [-0.3, -0.25) is 0 Å². The number of fused-ring (bicyclic) bond motifs is 1. The van der Waals surface area contributed by atoms with Gasteiger partial charge < -0.3 is 5.32 Å². The molecule has 2 rings (SSSR count). The number of halogens is 1. The van der Waals surface area contributed by atoms with Crippen LogP contribution < -0.4 is 5.32 Å². The molecular weight excluding hydrogens is 292 g/mol. The number of aromatic nitrogens is 3. The number of nitrogens with zero attached hydrogens (tertiary/aromatic N) is 3. The number of aryl methyl sites for hydroxylation is 2. The Kier molecular flexibility index (Phi) is 3.82. The second kappa shape index (κ2) is 5.20. The highest BCUT2D eigenvalue weighted by atomic mass is 79.9. The lowest BCUT2D eigenvalue weighted by Crippen LogP contribution is -2.21. The van der Waals surface area contributed by atoms with Crippen molar-refractivity contribution in [3.05, 3.63) is 40.3 Å². The molecule has 5 heteroatoms. The van der Waals surface area contributed by atoms with Crippen molar-refractivity contribution in [2.45, 2.75) is 26.8 Å². The molecule has 2 aromatic rings. The van der Waals surface area contributed by atoms with Crippen LogP contribution in [0.15, 0.2) is 23.3 Å². The van der Waals surface area contributed by atoms with Gasteiger partial charge in [-0.25, -0.2) is 9.50 Å². The average Bonchev–Trinajstić information content (AvgIpc) is 2.68. The molecule has 0 aromatic carbocycles. The molecule has 4 nitrogen and oxygen atoms in total. The Hall–Kier alpha value is -1.20. The van der Waals surface area contributed by atoms with Crippen molar-refractivity contribution in [1.82, 2.24) is 19.9 Å². The number of nitrogens with one attached hydrogen (secondary N) is 1. The van der Waals surface area contributed by atoms with Crippen LogP contribution in [0.5, 0.6) is 0 Å². The van der Waals surface area contributed by atoms with E-state index < -0.39 is 0 Å². The summed E-state index contributed by atoms with van der Waals surface area (Å²) in [5.41, 5.74) is 4.15. The molecule has 0 fully saturated rings. The first-order valence-corrected chi connectivity index (χ1v) is 6.67. The van der Waals surface area contributed by atoms with Crippen molar-refractivity contribution < 1.29 is 0 Å². The van der Waals surface area contributed by atoms with Crippen LogP contribution in [0.4, 0.5) is 0 Å². The quantitative estimate of drug-likeness (QED) is 0.944. The molecule has 0 amide bonds. The van der Waals surface area contributed by atoms with Gasteiger partial charge in [0.2, 0.25) is 0 Å². The van der Waals surface area contributed by atoms with E-state index >= 15 is 0 Å². The molecule has 0 aliphatic rings. The summed E-state index contributed by atoms with van der Waals surface area (Å²) < 4.78 is 2.84. The smallest absolute Gasteiger partial charge is 0.155 e. The Labute approximate surface area is 115 Å². The summed E-state index contributed by atoms with van der Waals surface area (Å²) in [6.45, 7) is 10.7. The summed E-state index contributed by atoms with van der Waals surface area (Å²) in [6.07, 6.45) is 1.92. The van der Waals surface area contributed by atoms with E-state index in [9.17, 15) is 0 Å². The monoisotopic (exact) mass is 308 g/mol. The Morgan fingerprint density at radius 1 is 1.56 bits per heavy atom. The highest BCUT2D eigenvalue weighted by Crippen LogP contribution is 2.18. The van der Waals surface area contributed by atoms with E-state index in [4.69, 9.17) is 0 Å². The Morgan fingerprint density at radius 2 is 2.28 bits per heavy atom. The lowest BCUT2D eigenvalue weighted by molar-refractivity contribution is 0.602. The lowest BCUT2D eigenvalue weighted by Gasteiger charge is -2.16. The summed E-state index contributed by atoms with van der Waals surface area (Å²) in [4.78, 5) is 4.44. The van der Waals surface area contributed by atoms with Gasteiger partial charge in [-0.1, -0.05) is 22.5 Å². The van der Waals surface area contributed by atoms with Gasteiger partial charge in [-0.05, 0) is 20.8 Å². The van der Waals surface area contributed by atoms with Gasteiger partial charge in [-0.15, -0.1) is 0 Å². The van der Waals surface area contributed by atoms with Crippen LogP contribution >= 0.6 is 15.9 Å². The largest absolute Gasteiger partial charge is 0.306 e. The van der Waals surface area contributed by atoms with Crippen LogP contribution in [-0.2, 0) is 0 Å². The molecule has 18 heavy (non-hydrogen) atoms.